The van der Waals surface area contributed by atoms with E-state index in [1.807, 2.05) is 37.3 Å². The Morgan fingerprint density at radius 2 is 1.54 bits per heavy atom. The Kier molecular flexibility index (Phi) is 3.46. The van der Waals surface area contributed by atoms with E-state index >= 15 is 0 Å². The zero-order valence-electron chi connectivity index (χ0n) is 8.01. The molecule has 0 saturated carbocycles. The van der Waals surface area contributed by atoms with Crippen LogP contribution in [0, 0.1) is 5.92 Å². The highest BCUT2D eigenvalue weighted by Gasteiger charge is 2.19. The van der Waals surface area contributed by atoms with Gasteiger partial charge in [-0.2, -0.15) is 0 Å². The third-order valence-corrected chi connectivity index (χ3v) is 2.40. The van der Waals surface area contributed by atoms with Crippen molar-refractivity contribution < 1.29 is 10.2 Å². The molecule has 0 bridgehead atoms. The highest BCUT2D eigenvalue weighted by Crippen LogP contribution is 2.23. The van der Waals surface area contributed by atoms with E-state index in [-0.39, 0.29) is 5.92 Å². The summed E-state index contributed by atoms with van der Waals surface area (Å²) in [5, 5.41) is 19.1. The average molecular weight is 180 g/mol. The molecule has 13 heavy (non-hydrogen) atoms. The smallest absolute Gasteiger partial charge is 0.0840 e. The van der Waals surface area contributed by atoms with Gasteiger partial charge in [-0.15, -0.1) is 0 Å². The van der Waals surface area contributed by atoms with Crippen molar-refractivity contribution in [3.8, 4) is 0 Å². The van der Waals surface area contributed by atoms with E-state index in [2.05, 4.69) is 0 Å². The number of hydrogen-bond donors (Lipinski definition) is 2. The lowest BCUT2D eigenvalue weighted by molar-refractivity contribution is 0.0307. The monoisotopic (exact) mass is 180 g/mol. The van der Waals surface area contributed by atoms with Gasteiger partial charge in [0.1, 0.15) is 0 Å². The van der Waals surface area contributed by atoms with Crippen LogP contribution < -0.4 is 0 Å². The van der Waals surface area contributed by atoms with E-state index in [1.165, 1.54) is 0 Å². The first kappa shape index (κ1) is 10.2. The van der Waals surface area contributed by atoms with Crippen molar-refractivity contribution in [1.82, 2.24) is 0 Å². The van der Waals surface area contributed by atoms with Crippen molar-refractivity contribution in [2.75, 3.05) is 0 Å². The van der Waals surface area contributed by atoms with Crippen molar-refractivity contribution in [3.63, 3.8) is 0 Å². The van der Waals surface area contributed by atoms with E-state index in [1.54, 1.807) is 6.92 Å². The summed E-state index contributed by atoms with van der Waals surface area (Å²) in [6.45, 7) is 3.53. The normalized spacial score (nSPS) is 17.8. The molecular formula is C11H16O2. The van der Waals surface area contributed by atoms with Gasteiger partial charge in [0.2, 0.25) is 0 Å². The van der Waals surface area contributed by atoms with Crippen LogP contribution in [0.5, 0.6) is 0 Å². The fraction of sp³-hybridized carbons (Fsp3) is 0.455. The molecule has 0 aliphatic heterocycles. The van der Waals surface area contributed by atoms with Gasteiger partial charge in [-0.25, -0.2) is 0 Å². The molecule has 0 aliphatic carbocycles. The molecule has 72 valence electrons. The second-order valence-electron chi connectivity index (χ2n) is 3.46. The van der Waals surface area contributed by atoms with E-state index in [0.717, 1.165) is 5.56 Å². The molecule has 0 amide bonds. The maximum Gasteiger partial charge on any atom is 0.0840 e. The van der Waals surface area contributed by atoms with Crippen LogP contribution in [-0.2, 0) is 0 Å². The largest absolute Gasteiger partial charge is 0.393 e. The zero-order chi connectivity index (χ0) is 9.84. The Morgan fingerprint density at radius 3 is 2.00 bits per heavy atom. The third-order valence-electron chi connectivity index (χ3n) is 2.40. The second-order valence-corrected chi connectivity index (χ2v) is 3.46. The minimum Gasteiger partial charge on any atom is -0.393 e. The molecule has 3 atom stereocenters. The van der Waals surface area contributed by atoms with Gasteiger partial charge >= 0.3 is 0 Å². The molecule has 0 heterocycles. The Bertz CT molecular complexity index is 244. The summed E-state index contributed by atoms with van der Waals surface area (Å²) in [5.41, 5.74) is 0.857. The Hall–Kier alpha value is -0.860. The van der Waals surface area contributed by atoms with Gasteiger partial charge in [0.05, 0.1) is 12.2 Å². The van der Waals surface area contributed by atoms with Crippen molar-refractivity contribution in [2.24, 2.45) is 5.92 Å². The lowest BCUT2D eigenvalue weighted by Gasteiger charge is -2.21. The Morgan fingerprint density at radius 1 is 1.00 bits per heavy atom. The summed E-state index contributed by atoms with van der Waals surface area (Å²) in [6, 6.07) is 9.40. The summed E-state index contributed by atoms with van der Waals surface area (Å²) in [5.74, 6) is -0.137. The van der Waals surface area contributed by atoms with Crippen molar-refractivity contribution in [1.29, 1.82) is 0 Å². The van der Waals surface area contributed by atoms with Crippen LogP contribution in [-0.4, -0.2) is 16.3 Å². The van der Waals surface area contributed by atoms with Gasteiger partial charge in [0, 0.05) is 5.92 Å². The summed E-state index contributed by atoms with van der Waals surface area (Å²) in [7, 11) is 0. The Balaban J connectivity index is 2.73. The summed E-state index contributed by atoms with van der Waals surface area (Å²) in [4.78, 5) is 0. The minimum atomic E-state index is -0.582. The molecule has 0 unspecified atom stereocenters. The predicted molar refractivity (Wildman–Crippen MR) is 52.2 cm³/mol. The lowest BCUT2D eigenvalue weighted by Crippen LogP contribution is -2.20. The number of rotatable bonds is 3. The molecule has 0 saturated heterocycles. The predicted octanol–water partition coefficient (Wildman–Crippen LogP) is 1.74. The quantitative estimate of drug-likeness (QED) is 0.743. The summed E-state index contributed by atoms with van der Waals surface area (Å²) < 4.78 is 0. The van der Waals surface area contributed by atoms with Crippen LogP contribution in [0.1, 0.15) is 25.5 Å². The number of benzene rings is 1. The summed E-state index contributed by atoms with van der Waals surface area (Å²) in [6.07, 6.45) is -1.07. The molecule has 0 aromatic heterocycles. The molecule has 0 spiro atoms. The first-order valence-corrected chi connectivity index (χ1v) is 4.54. The van der Waals surface area contributed by atoms with Crippen LogP contribution in [0.2, 0.25) is 0 Å². The summed E-state index contributed by atoms with van der Waals surface area (Å²) >= 11 is 0. The molecule has 2 nitrogen and oxygen atoms in total. The van der Waals surface area contributed by atoms with Crippen LogP contribution >= 0.6 is 0 Å². The van der Waals surface area contributed by atoms with Crippen molar-refractivity contribution in [2.45, 2.75) is 26.1 Å². The molecule has 2 N–H and O–H groups in total. The van der Waals surface area contributed by atoms with Crippen LogP contribution in [0.25, 0.3) is 0 Å². The minimum absolute atomic E-state index is 0.137. The van der Waals surface area contributed by atoms with Crippen LogP contribution in [0.4, 0.5) is 0 Å². The van der Waals surface area contributed by atoms with Crippen molar-refractivity contribution >= 4 is 0 Å². The first-order valence-electron chi connectivity index (χ1n) is 4.54. The SMILES string of the molecule is C[C@H]([C@@H](C)O)[C@@H](O)c1ccccc1. The lowest BCUT2D eigenvalue weighted by atomic mass is 9.93. The molecule has 1 aromatic carbocycles. The molecule has 0 aliphatic rings. The first-order chi connectivity index (χ1) is 6.13. The van der Waals surface area contributed by atoms with Crippen LogP contribution in [0.3, 0.4) is 0 Å². The van der Waals surface area contributed by atoms with Gasteiger partial charge in [-0.1, -0.05) is 37.3 Å². The molecule has 1 aromatic rings. The Labute approximate surface area is 78.8 Å². The van der Waals surface area contributed by atoms with Gasteiger partial charge in [-0.3, -0.25) is 0 Å². The number of aliphatic hydroxyl groups excluding tert-OH is 2. The average Bonchev–Trinajstić information content (AvgIpc) is 2.17. The maximum atomic E-state index is 9.80. The zero-order valence-corrected chi connectivity index (χ0v) is 8.01. The van der Waals surface area contributed by atoms with E-state index in [9.17, 15) is 10.2 Å². The number of aliphatic hydroxyl groups is 2. The van der Waals surface area contributed by atoms with E-state index < -0.39 is 12.2 Å². The highest BCUT2D eigenvalue weighted by molar-refractivity contribution is 5.17. The fourth-order valence-electron chi connectivity index (χ4n) is 1.22. The standard InChI is InChI=1S/C11H16O2/c1-8(9(2)12)11(13)10-6-4-3-5-7-10/h3-9,11-13H,1-2H3/t8-,9-,11-/m1/s1. The fourth-order valence-corrected chi connectivity index (χ4v) is 1.22. The van der Waals surface area contributed by atoms with Crippen LogP contribution in [0.15, 0.2) is 30.3 Å². The molecule has 2 heteroatoms. The van der Waals surface area contributed by atoms with Gasteiger partial charge in [0.15, 0.2) is 0 Å². The highest BCUT2D eigenvalue weighted by atomic mass is 16.3. The van der Waals surface area contributed by atoms with Gasteiger partial charge < -0.3 is 10.2 Å². The molecule has 0 fully saturated rings. The number of hydrogen-bond acceptors (Lipinski definition) is 2. The van der Waals surface area contributed by atoms with E-state index in [4.69, 9.17) is 0 Å². The van der Waals surface area contributed by atoms with Gasteiger partial charge in [-0.05, 0) is 12.5 Å². The topological polar surface area (TPSA) is 40.5 Å². The molecular weight excluding hydrogens is 164 g/mol. The third kappa shape index (κ3) is 2.54. The van der Waals surface area contributed by atoms with Crippen molar-refractivity contribution in [3.05, 3.63) is 35.9 Å². The van der Waals surface area contributed by atoms with E-state index in [0.29, 0.717) is 0 Å². The molecule has 0 radical (unpaired) electrons. The molecule has 1 rings (SSSR count). The maximum absolute atomic E-state index is 9.80. The van der Waals surface area contributed by atoms with Gasteiger partial charge in [0.25, 0.3) is 0 Å². The second kappa shape index (κ2) is 4.40.